The van der Waals surface area contributed by atoms with Crippen LogP contribution in [0.15, 0.2) is 24.4 Å². The van der Waals surface area contributed by atoms with E-state index in [1.165, 1.54) is 6.07 Å². The number of carbonyl (C=O) groups excluding carboxylic acids is 1. The Kier molecular flexibility index (Phi) is 6.78. The molecule has 9 nitrogen and oxygen atoms in total. The van der Waals surface area contributed by atoms with Gasteiger partial charge in [0.1, 0.15) is 30.5 Å². The number of nitrogens with two attached hydrogens (primary N) is 1. The highest BCUT2D eigenvalue weighted by molar-refractivity contribution is 5.94. The minimum absolute atomic E-state index is 0.214. The number of nitrogens with one attached hydrogen (secondary N) is 1. The van der Waals surface area contributed by atoms with Crippen molar-refractivity contribution < 1.29 is 18.7 Å². The first-order valence-electron chi connectivity index (χ1n) is 9.50. The summed E-state index contributed by atoms with van der Waals surface area (Å²) in [5, 5.41) is 7.13. The minimum atomic E-state index is -0.681. The predicted molar refractivity (Wildman–Crippen MR) is 111 cm³/mol. The van der Waals surface area contributed by atoms with Crippen molar-refractivity contribution in [2.75, 3.05) is 50.2 Å². The lowest BCUT2D eigenvalue weighted by molar-refractivity contribution is -0.143. The number of anilines is 2. The number of nitrogens with zero attached hydrogens (tertiary/aromatic N) is 4. The van der Waals surface area contributed by atoms with Crippen molar-refractivity contribution in [3.05, 3.63) is 35.8 Å². The van der Waals surface area contributed by atoms with Crippen molar-refractivity contribution in [2.24, 2.45) is 5.73 Å². The lowest BCUT2D eigenvalue weighted by Crippen LogP contribution is -2.37. The molecule has 0 amide bonds. The number of rotatable bonds is 7. The molecule has 2 heterocycles. The topological polar surface area (TPSA) is 118 Å². The van der Waals surface area contributed by atoms with Gasteiger partial charge in [-0.2, -0.15) is 4.98 Å². The molecule has 1 aliphatic heterocycles. The van der Waals surface area contributed by atoms with Crippen LogP contribution in [0.4, 0.5) is 16.2 Å². The van der Waals surface area contributed by atoms with Crippen LogP contribution < -0.4 is 15.5 Å². The molecular formula is C20H25FN6O3. The zero-order chi connectivity index (χ0) is 21.7. The van der Waals surface area contributed by atoms with Crippen molar-refractivity contribution in [3.63, 3.8) is 0 Å². The first-order valence-corrected chi connectivity index (χ1v) is 9.50. The number of benzene rings is 1. The van der Waals surface area contributed by atoms with Gasteiger partial charge in [-0.25, -0.2) is 9.37 Å². The van der Waals surface area contributed by atoms with Gasteiger partial charge in [-0.1, -0.05) is 18.2 Å². The van der Waals surface area contributed by atoms with E-state index in [9.17, 15) is 4.79 Å². The molecule has 0 atom stereocenters. The number of morpholine rings is 1. The van der Waals surface area contributed by atoms with E-state index >= 15 is 4.39 Å². The molecule has 0 bridgehead atoms. The SMILES string of the molecule is CN(C)c1nc(N2CCOCC2)ncc1-c1cccc(COC(=O)CC(=N)N)c1F. The van der Waals surface area contributed by atoms with Gasteiger partial charge >= 0.3 is 5.97 Å². The number of aromatic nitrogens is 2. The molecule has 30 heavy (non-hydrogen) atoms. The van der Waals surface area contributed by atoms with E-state index in [0.717, 1.165) is 0 Å². The van der Waals surface area contributed by atoms with E-state index in [1.54, 1.807) is 23.2 Å². The summed E-state index contributed by atoms with van der Waals surface area (Å²) in [6.45, 7) is 2.36. The summed E-state index contributed by atoms with van der Waals surface area (Å²) in [6.07, 6.45) is 1.28. The third kappa shape index (κ3) is 5.01. The second-order valence-corrected chi connectivity index (χ2v) is 7.04. The fourth-order valence-corrected chi connectivity index (χ4v) is 3.07. The molecule has 10 heteroatoms. The van der Waals surface area contributed by atoms with Gasteiger partial charge in [-0.3, -0.25) is 10.2 Å². The van der Waals surface area contributed by atoms with Gasteiger partial charge in [0, 0.05) is 50.1 Å². The molecule has 1 aromatic carbocycles. The van der Waals surface area contributed by atoms with Crippen LogP contribution in [-0.4, -0.2) is 62.2 Å². The number of amidine groups is 1. The highest BCUT2D eigenvalue weighted by atomic mass is 19.1. The van der Waals surface area contributed by atoms with E-state index in [2.05, 4.69) is 9.97 Å². The quantitative estimate of drug-likeness (QED) is 0.397. The second kappa shape index (κ2) is 9.49. The van der Waals surface area contributed by atoms with Gasteiger partial charge in [0.15, 0.2) is 0 Å². The normalized spacial score (nSPS) is 13.8. The average Bonchev–Trinajstić information content (AvgIpc) is 2.73. The smallest absolute Gasteiger partial charge is 0.313 e. The number of hydrogen-bond acceptors (Lipinski definition) is 8. The molecule has 160 valence electrons. The van der Waals surface area contributed by atoms with Crippen molar-refractivity contribution in [1.29, 1.82) is 5.41 Å². The predicted octanol–water partition coefficient (Wildman–Crippen LogP) is 1.55. The van der Waals surface area contributed by atoms with E-state index in [-0.39, 0.29) is 24.4 Å². The molecule has 3 N–H and O–H groups in total. The monoisotopic (exact) mass is 416 g/mol. The van der Waals surface area contributed by atoms with Crippen LogP contribution in [0, 0.1) is 11.2 Å². The first kappa shape index (κ1) is 21.4. The van der Waals surface area contributed by atoms with Gasteiger partial charge in [0.25, 0.3) is 0 Å². The molecule has 1 aliphatic rings. The van der Waals surface area contributed by atoms with E-state index in [4.69, 9.17) is 20.6 Å². The van der Waals surface area contributed by atoms with Gasteiger partial charge in [0.05, 0.1) is 13.2 Å². The van der Waals surface area contributed by atoms with E-state index < -0.39 is 11.8 Å². The number of carbonyl (C=O) groups is 1. The van der Waals surface area contributed by atoms with Gasteiger partial charge in [-0.15, -0.1) is 0 Å². The maximum Gasteiger partial charge on any atom is 0.313 e. The Morgan fingerprint density at radius 1 is 1.33 bits per heavy atom. The molecule has 0 aliphatic carbocycles. The van der Waals surface area contributed by atoms with Crippen LogP contribution in [-0.2, 0) is 20.9 Å². The molecule has 0 saturated carbocycles. The summed E-state index contributed by atoms with van der Waals surface area (Å²) in [7, 11) is 3.67. The molecule has 0 spiro atoms. The lowest BCUT2D eigenvalue weighted by Gasteiger charge is -2.28. The summed E-state index contributed by atoms with van der Waals surface area (Å²) in [6, 6.07) is 4.86. The third-order valence-corrected chi connectivity index (χ3v) is 4.57. The number of hydrogen-bond donors (Lipinski definition) is 2. The summed E-state index contributed by atoms with van der Waals surface area (Å²) < 4.78 is 25.6. The van der Waals surface area contributed by atoms with Crippen LogP contribution in [0.3, 0.4) is 0 Å². The van der Waals surface area contributed by atoms with Crippen LogP contribution >= 0.6 is 0 Å². The summed E-state index contributed by atoms with van der Waals surface area (Å²) in [4.78, 5) is 24.5. The van der Waals surface area contributed by atoms with Crippen LogP contribution in [0.5, 0.6) is 0 Å². The molecule has 1 aromatic heterocycles. The highest BCUT2D eigenvalue weighted by Crippen LogP contribution is 2.32. The van der Waals surface area contributed by atoms with Crippen LogP contribution in [0.1, 0.15) is 12.0 Å². The fraction of sp³-hybridized carbons (Fsp3) is 0.400. The van der Waals surface area contributed by atoms with E-state index in [0.29, 0.717) is 49.2 Å². The Labute approximate surface area is 174 Å². The largest absolute Gasteiger partial charge is 0.460 e. The standard InChI is InChI=1S/C20H25FN6O3/c1-26(2)19-15(11-24-20(25-19)27-6-8-29-9-7-27)14-5-3-4-13(18(14)21)12-30-17(28)10-16(22)23/h3-5,11H,6-10,12H2,1-2H3,(H3,22,23). The second-order valence-electron chi connectivity index (χ2n) is 7.04. The maximum absolute atomic E-state index is 15.2. The Morgan fingerprint density at radius 3 is 2.73 bits per heavy atom. The Bertz CT molecular complexity index is 931. The summed E-state index contributed by atoms with van der Waals surface area (Å²) in [5.74, 6) is -0.350. The van der Waals surface area contributed by atoms with Gasteiger partial charge < -0.3 is 25.0 Å². The van der Waals surface area contributed by atoms with E-state index in [1.807, 2.05) is 19.0 Å². The van der Waals surface area contributed by atoms with Gasteiger partial charge in [-0.05, 0) is 0 Å². The molecular weight excluding hydrogens is 391 g/mol. The van der Waals surface area contributed by atoms with Crippen molar-refractivity contribution in [3.8, 4) is 11.1 Å². The Morgan fingerprint density at radius 2 is 2.07 bits per heavy atom. The van der Waals surface area contributed by atoms with Crippen molar-refractivity contribution in [1.82, 2.24) is 9.97 Å². The molecule has 0 unspecified atom stereocenters. The first-order chi connectivity index (χ1) is 14.4. The molecule has 3 rings (SSSR count). The Hall–Kier alpha value is -3.27. The molecule has 1 fully saturated rings. The molecule has 2 aromatic rings. The highest BCUT2D eigenvalue weighted by Gasteiger charge is 2.20. The average molecular weight is 416 g/mol. The summed E-state index contributed by atoms with van der Waals surface area (Å²) >= 11 is 0. The fourth-order valence-electron chi connectivity index (χ4n) is 3.07. The lowest BCUT2D eigenvalue weighted by atomic mass is 10.0. The third-order valence-electron chi connectivity index (χ3n) is 4.57. The maximum atomic E-state index is 15.2. The zero-order valence-electron chi connectivity index (χ0n) is 17.0. The summed E-state index contributed by atoms with van der Waals surface area (Å²) in [5.41, 5.74) is 6.24. The van der Waals surface area contributed by atoms with Crippen molar-refractivity contribution >= 4 is 23.6 Å². The zero-order valence-corrected chi connectivity index (χ0v) is 17.0. The number of esters is 1. The Balaban J connectivity index is 1.89. The molecule has 0 radical (unpaired) electrons. The van der Waals surface area contributed by atoms with Gasteiger partial charge in [0.2, 0.25) is 5.95 Å². The van der Waals surface area contributed by atoms with Crippen LogP contribution in [0.25, 0.3) is 11.1 Å². The molecule has 1 saturated heterocycles. The number of halogens is 1. The van der Waals surface area contributed by atoms with Crippen molar-refractivity contribution in [2.45, 2.75) is 13.0 Å². The van der Waals surface area contributed by atoms with Crippen LogP contribution in [0.2, 0.25) is 0 Å². The minimum Gasteiger partial charge on any atom is -0.460 e. The number of ether oxygens (including phenoxy) is 2.